The molecule has 0 aromatic heterocycles. The number of nitrogens with zero attached hydrogens (tertiary/aromatic N) is 2. The van der Waals surface area contributed by atoms with Crippen molar-refractivity contribution in [1.82, 2.24) is 25.8 Å². The highest BCUT2D eigenvalue weighted by atomic mass is 35.5. The summed E-state index contributed by atoms with van der Waals surface area (Å²) in [5, 5.41) is 9.50. The van der Waals surface area contributed by atoms with Gasteiger partial charge in [-0.05, 0) is 69.7 Å². The van der Waals surface area contributed by atoms with E-state index in [-0.39, 0.29) is 66.3 Å². The number of carbonyl (C=O) groups excluding carboxylic acids is 4. The molecule has 2 heterocycles. The molecule has 52 heavy (non-hydrogen) atoms. The molecule has 0 bridgehead atoms. The molecule has 2 saturated heterocycles. The maximum atomic E-state index is 14.2. The van der Waals surface area contributed by atoms with Crippen molar-refractivity contribution in [2.45, 2.75) is 129 Å². The fourth-order valence-electron chi connectivity index (χ4n) is 7.91. The van der Waals surface area contributed by atoms with Crippen molar-refractivity contribution >= 4 is 36.0 Å². The van der Waals surface area contributed by atoms with Crippen LogP contribution in [0.25, 0.3) is 0 Å². The molecule has 0 aromatic carbocycles. The van der Waals surface area contributed by atoms with Gasteiger partial charge in [0.05, 0.1) is 42.2 Å². The zero-order chi connectivity index (χ0) is 37.7. The van der Waals surface area contributed by atoms with E-state index in [0.717, 1.165) is 51.5 Å². The van der Waals surface area contributed by atoms with E-state index in [1.54, 1.807) is 26.2 Å². The minimum atomic E-state index is -0.724. The van der Waals surface area contributed by atoms with Gasteiger partial charge in [0.15, 0.2) is 0 Å². The number of nitrogens with one attached hydrogen (secondary N) is 3. The van der Waals surface area contributed by atoms with Crippen LogP contribution in [0.2, 0.25) is 0 Å². The number of piperidine rings is 1. The minimum absolute atomic E-state index is 0. The molecule has 0 saturated carbocycles. The molecular weight excluding hydrogens is 682 g/mol. The summed E-state index contributed by atoms with van der Waals surface area (Å²) >= 11 is 0. The van der Waals surface area contributed by atoms with Crippen LogP contribution >= 0.6 is 12.4 Å². The number of likely N-dealkylation sites (tertiary alicyclic amines) is 1. The predicted octanol–water partition coefficient (Wildman–Crippen LogP) is 4.81. The topological polar surface area (TPSA) is 129 Å². The van der Waals surface area contributed by atoms with Crippen molar-refractivity contribution < 1.29 is 28.7 Å². The molecule has 8 atom stereocenters. The maximum Gasteiger partial charge on any atom is 0.245 e. The highest BCUT2D eigenvalue weighted by molar-refractivity contribution is 5.92. The van der Waals surface area contributed by atoms with Crippen LogP contribution < -0.4 is 16.0 Å². The first-order valence-corrected chi connectivity index (χ1v) is 19.3. The van der Waals surface area contributed by atoms with Gasteiger partial charge in [0.1, 0.15) is 6.04 Å². The van der Waals surface area contributed by atoms with E-state index in [9.17, 15) is 19.2 Å². The number of methoxy groups -OCH3 is 2. The molecule has 0 unspecified atom stereocenters. The highest BCUT2D eigenvalue weighted by Crippen LogP contribution is 2.30. The Morgan fingerprint density at radius 3 is 2.23 bits per heavy atom. The minimum Gasteiger partial charge on any atom is -0.379 e. The molecule has 0 aromatic rings. The summed E-state index contributed by atoms with van der Waals surface area (Å²) in [5.41, 5.74) is -0.714. The summed E-state index contributed by atoms with van der Waals surface area (Å²) in [6, 6.07) is -1.38. The number of halogens is 1. The van der Waals surface area contributed by atoms with Gasteiger partial charge in [0.2, 0.25) is 23.6 Å². The van der Waals surface area contributed by atoms with E-state index in [0.29, 0.717) is 13.1 Å². The lowest BCUT2D eigenvalue weighted by molar-refractivity contribution is -0.148. The van der Waals surface area contributed by atoms with Gasteiger partial charge in [-0.25, -0.2) is 0 Å². The van der Waals surface area contributed by atoms with Crippen molar-refractivity contribution in [2.24, 2.45) is 23.7 Å². The molecular formula is C40H68ClN5O6. The van der Waals surface area contributed by atoms with Crippen molar-refractivity contribution in [3.8, 4) is 0 Å². The molecule has 3 rings (SSSR count). The third-order valence-corrected chi connectivity index (χ3v) is 11.4. The smallest absolute Gasteiger partial charge is 0.245 e. The highest BCUT2D eigenvalue weighted by Gasteiger charge is 2.43. The summed E-state index contributed by atoms with van der Waals surface area (Å²) < 4.78 is 12.0. The van der Waals surface area contributed by atoms with Gasteiger partial charge in [-0.3, -0.25) is 19.2 Å². The second-order valence-corrected chi connectivity index (χ2v) is 15.4. The first kappa shape index (κ1) is 45.4. The number of carbonyl (C=O) groups is 4. The largest absolute Gasteiger partial charge is 0.379 e. The Kier molecular flexibility index (Phi) is 19.1. The van der Waals surface area contributed by atoms with Crippen LogP contribution in [0.3, 0.4) is 0 Å². The molecule has 2 aliphatic heterocycles. The molecule has 2 fully saturated rings. The van der Waals surface area contributed by atoms with Gasteiger partial charge in [0, 0.05) is 34.4 Å². The Bertz CT molecular complexity index is 1230. The third kappa shape index (κ3) is 11.9. The van der Waals surface area contributed by atoms with Crippen molar-refractivity contribution in [1.29, 1.82) is 0 Å². The number of hydrogen-bond donors (Lipinski definition) is 3. The molecule has 296 valence electrons. The summed E-state index contributed by atoms with van der Waals surface area (Å²) in [5.74, 6) is -0.860. The maximum absolute atomic E-state index is 14.2. The lowest BCUT2D eigenvalue weighted by atomic mass is 9.88. The average molecular weight is 750 g/mol. The molecule has 1 aliphatic carbocycles. The van der Waals surface area contributed by atoms with Crippen molar-refractivity contribution in [3.05, 3.63) is 36.5 Å². The van der Waals surface area contributed by atoms with Crippen molar-refractivity contribution in [3.63, 3.8) is 0 Å². The number of likely N-dealkylation sites (N-methyl/N-ethyl adjacent to an activating group) is 1. The Morgan fingerprint density at radius 2 is 1.67 bits per heavy atom. The van der Waals surface area contributed by atoms with E-state index in [4.69, 9.17) is 9.47 Å². The molecule has 3 aliphatic rings. The van der Waals surface area contributed by atoms with Crippen LogP contribution in [-0.2, 0) is 28.7 Å². The zero-order valence-corrected chi connectivity index (χ0v) is 34.0. The normalized spacial score (nSPS) is 23.9. The van der Waals surface area contributed by atoms with Gasteiger partial charge < -0.3 is 35.2 Å². The van der Waals surface area contributed by atoms with Gasteiger partial charge in [-0.15, -0.1) is 12.4 Å². The van der Waals surface area contributed by atoms with E-state index >= 15 is 0 Å². The summed E-state index contributed by atoms with van der Waals surface area (Å²) in [7, 11) is 4.96. The molecule has 12 heteroatoms. The van der Waals surface area contributed by atoms with Gasteiger partial charge >= 0.3 is 0 Å². The summed E-state index contributed by atoms with van der Waals surface area (Å²) in [6.45, 7) is 13.7. The monoisotopic (exact) mass is 749 g/mol. The van der Waals surface area contributed by atoms with Crippen LogP contribution in [0.5, 0.6) is 0 Å². The van der Waals surface area contributed by atoms with Crippen LogP contribution in [0.1, 0.15) is 92.9 Å². The second-order valence-electron chi connectivity index (χ2n) is 15.4. The molecule has 11 nitrogen and oxygen atoms in total. The Morgan fingerprint density at radius 1 is 1.00 bits per heavy atom. The SMILES string of the molecule is CC[C@H](C)[C@@H]([C@@H](CC(=O)N1CCC[C@H]1[C@H](OC)[C@@H](C)C(=O)NCCC1C=CC=CC=C1)OC)N(C)C(=O)[C@@H](NC(=O)[C@]1(C)CCCCN1)C(C)C.Cl. The standard InChI is InChI=1S/C40H67N5O6.ClH/c1-10-28(4)35(44(7)38(48)34(27(2)3)43-39(49)40(6)22-15-16-23-42-40)32(50-8)26-33(46)45-25-17-20-31(45)36(51-9)29(5)37(47)41-24-21-30-18-13-11-12-14-19-30;/h11-14,18-19,27-32,34-36,42H,10,15-17,20-26H2,1-9H3,(H,41,47)(H,43,49);1H/t28-,29+,31-,32+,34-,35-,36+,40-;/m0./s1. The van der Waals surface area contributed by atoms with Crippen LogP contribution in [-0.4, -0.2) is 110 Å². The van der Waals surface area contributed by atoms with E-state index in [1.807, 2.05) is 56.9 Å². The van der Waals surface area contributed by atoms with Crippen LogP contribution in [0.4, 0.5) is 0 Å². The number of allylic oxidation sites excluding steroid dienone is 6. The van der Waals surface area contributed by atoms with Crippen LogP contribution in [0.15, 0.2) is 36.5 Å². The average Bonchev–Trinajstić information content (AvgIpc) is 3.45. The number of hydrogen-bond acceptors (Lipinski definition) is 7. The first-order valence-electron chi connectivity index (χ1n) is 19.3. The Hall–Kier alpha value is -2.73. The van der Waals surface area contributed by atoms with Gasteiger partial charge in [-0.2, -0.15) is 0 Å². The molecule has 4 amide bonds. The summed E-state index contributed by atoms with van der Waals surface area (Å²) in [4.78, 5) is 58.6. The molecule has 3 N–H and O–H groups in total. The lowest BCUT2D eigenvalue weighted by Gasteiger charge is -2.41. The Labute approximate surface area is 319 Å². The fourth-order valence-corrected chi connectivity index (χ4v) is 7.91. The first-order chi connectivity index (χ1) is 24.3. The van der Waals surface area contributed by atoms with E-state index < -0.39 is 35.7 Å². The van der Waals surface area contributed by atoms with E-state index in [1.165, 1.54) is 0 Å². The van der Waals surface area contributed by atoms with E-state index in [2.05, 4.69) is 41.9 Å². The van der Waals surface area contributed by atoms with Gasteiger partial charge in [0.25, 0.3) is 0 Å². The quantitative estimate of drug-likeness (QED) is 0.184. The molecule has 0 spiro atoms. The lowest BCUT2D eigenvalue weighted by Crippen LogP contribution is -2.63. The number of ether oxygens (including phenoxy) is 2. The Balaban J connectivity index is 0.00000936. The fraction of sp³-hybridized carbons (Fsp3) is 0.750. The second kappa shape index (κ2) is 21.8. The predicted molar refractivity (Wildman–Crippen MR) is 209 cm³/mol. The van der Waals surface area contributed by atoms with Crippen molar-refractivity contribution in [2.75, 3.05) is 40.9 Å². The number of amides is 4. The number of rotatable bonds is 18. The van der Waals surface area contributed by atoms with Crippen LogP contribution in [0, 0.1) is 23.7 Å². The van der Waals surface area contributed by atoms with Gasteiger partial charge in [-0.1, -0.05) is 77.5 Å². The summed E-state index contributed by atoms with van der Waals surface area (Å²) in [6.07, 6.45) is 17.1. The third-order valence-electron chi connectivity index (χ3n) is 11.4. The molecule has 0 radical (unpaired) electrons. The zero-order valence-electron chi connectivity index (χ0n) is 33.2.